The van der Waals surface area contributed by atoms with Crippen LogP contribution in [0.4, 0.5) is 0 Å². The lowest BCUT2D eigenvalue weighted by atomic mass is 9.98. The number of fused-ring (bicyclic) bond motifs is 1. The number of amides is 1. The summed E-state index contributed by atoms with van der Waals surface area (Å²) in [6.45, 7) is 8.92. The van der Waals surface area contributed by atoms with Crippen LogP contribution in [0.5, 0.6) is 0 Å². The van der Waals surface area contributed by atoms with Gasteiger partial charge in [-0.3, -0.25) is 9.48 Å². The minimum absolute atomic E-state index is 0.0366. The van der Waals surface area contributed by atoms with Gasteiger partial charge in [-0.2, -0.15) is 5.10 Å². The Hall–Kier alpha value is -2.14. The maximum Gasteiger partial charge on any atom is 0.223 e. The molecule has 0 spiro atoms. The molecule has 0 N–H and O–H groups in total. The van der Waals surface area contributed by atoms with Crippen molar-refractivity contribution in [3.63, 3.8) is 0 Å². The van der Waals surface area contributed by atoms with Crippen molar-refractivity contribution in [2.45, 2.75) is 52.6 Å². The van der Waals surface area contributed by atoms with Crippen molar-refractivity contribution in [1.82, 2.24) is 14.7 Å². The fourth-order valence-electron chi connectivity index (χ4n) is 3.78. The number of hydrogen-bond acceptors (Lipinski definition) is 3. The van der Waals surface area contributed by atoms with E-state index < -0.39 is 0 Å². The Balaban J connectivity index is 1.76. The molecule has 0 fully saturated rings. The molecule has 1 aromatic carbocycles. The van der Waals surface area contributed by atoms with Crippen LogP contribution in [0.2, 0.25) is 0 Å². The second-order valence-corrected chi connectivity index (χ2v) is 6.81. The largest absolute Gasteiger partial charge is 0.379 e. The molecule has 0 saturated carbocycles. The van der Waals surface area contributed by atoms with Crippen LogP contribution in [0.1, 0.15) is 48.7 Å². The van der Waals surface area contributed by atoms with Crippen molar-refractivity contribution in [1.29, 1.82) is 0 Å². The van der Waals surface area contributed by atoms with Crippen molar-refractivity contribution in [3.8, 4) is 0 Å². The Kier molecular flexibility index (Phi) is 6.09. The van der Waals surface area contributed by atoms with Gasteiger partial charge in [-0.1, -0.05) is 24.3 Å². The zero-order chi connectivity index (χ0) is 18.5. The van der Waals surface area contributed by atoms with Crippen LogP contribution in [-0.2, 0) is 28.9 Å². The quantitative estimate of drug-likeness (QED) is 0.765. The molecular weight excluding hydrogens is 326 g/mol. The summed E-state index contributed by atoms with van der Waals surface area (Å²) in [5.41, 5.74) is 4.89. The van der Waals surface area contributed by atoms with Crippen LogP contribution in [0, 0.1) is 6.92 Å². The molecule has 0 saturated heterocycles. The van der Waals surface area contributed by atoms with Gasteiger partial charge in [0.25, 0.3) is 0 Å². The van der Waals surface area contributed by atoms with Crippen molar-refractivity contribution < 1.29 is 9.53 Å². The van der Waals surface area contributed by atoms with Gasteiger partial charge in [0.2, 0.25) is 5.91 Å². The fraction of sp³-hybridized carbons (Fsp3) is 0.524. The minimum Gasteiger partial charge on any atom is -0.379 e. The third kappa shape index (κ3) is 3.83. The third-order valence-corrected chi connectivity index (χ3v) is 5.24. The molecule has 5 heteroatoms. The van der Waals surface area contributed by atoms with E-state index in [9.17, 15) is 4.79 Å². The van der Waals surface area contributed by atoms with E-state index in [4.69, 9.17) is 4.74 Å². The normalized spacial score (nSPS) is 16.6. The third-order valence-electron chi connectivity index (χ3n) is 5.24. The lowest BCUT2D eigenvalue weighted by Gasteiger charge is -2.36. The number of carbonyl (C=O) groups excluding carboxylic acids is 1. The molecule has 1 amide bonds. The SMILES string of the molecule is CCOC[C@@H]1c2c(cnn2CC)CCN1C(=O)CCc1ccccc1C. The van der Waals surface area contributed by atoms with Gasteiger partial charge in [-0.25, -0.2) is 0 Å². The Morgan fingerprint density at radius 2 is 2.12 bits per heavy atom. The zero-order valence-corrected chi connectivity index (χ0v) is 16.1. The molecule has 0 aliphatic carbocycles. The molecule has 3 rings (SSSR count). The van der Waals surface area contributed by atoms with Crippen molar-refractivity contribution in [2.24, 2.45) is 0 Å². The van der Waals surface area contributed by atoms with Crippen LogP contribution >= 0.6 is 0 Å². The van der Waals surface area contributed by atoms with Crippen LogP contribution in [0.15, 0.2) is 30.5 Å². The molecule has 1 aliphatic heterocycles. The standard InChI is InChI=1S/C21H29N3O2/c1-4-24-21-18(14-22-24)12-13-23(19(21)15-26-5-2)20(25)11-10-17-9-7-6-8-16(17)3/h6-9,14,19H,4-5,10-13,15H2,1-3H3/t19-/m1/s1. The summed E-state index contributed by atoms with van der Waals surface area (Å²) in [4.78, 5) is 15.0. The maximum absolute atomic E-state index is 13.0. The fourth-order valence-corrected chi connectivity index (χ4v) is 3.78. The van der Waals surface area contributed by atoms with E-state index in [0.717, 1.165) is 31.6 Å². The van der Waals surface area contributed by atoms with Crippen LogP contribution < -0.4 is 0 Å². The van der Waals surface area contributed by atoms with Gasteiger partial charge in [0.05, 0.1) is 24.5 Å². The topological polar surface area (TPSA) is 47.4 Å². The molecule has 5 nitrogen and oxygen atoms in total. The van der Waals surface area contributed by atoms with Crippen LogP contribution in [-0.4, -0.2) is 40.3 Å². The molecule has 1 aliphatic rings. The lowest BCUT2D eigenvalue weighted by molar-refractivity contribution is -0.135. The van der Waals surface area contributed by atoms with E-state index in [1.807, 2.05) is 34.8 Å². The van der Waals surface area contributed by atoms with Gasteiger partial charge in [0.1, 0.15) is 0 Å². The minimum atomic E-state index is -0.0366. The van der Waals surface area contributed by atoms with E-state index in [-0.39, 0.29) is 11.9 Å². The highest BCUT2D eigenvalue weighted by Crippen LogP contribution is 2.31. The smallest absolute Gasteiger partial charge is 0.223 e. The summed E-state index contributed by atoms with van der Waals surface area (Å²) in [5, 5.41) is 4.50. The number of hydrogen-bond donors (Lipinski definition) is 0. The highest BCUT2D eigenvalue weighted by molar-refractivity contribution is 5.77. The first-order chi connectivity index (χ1) is 12.7. The second kappa shape index (κ2) is 8.49. The average molecular weight is 355 g/mol. The van der Waals surface area contributed by atoms with Crippen LogP contribution in [0.25, 0.3) is 0 Å². The molecule has 2 heterocycles. The molecule has 1 aromatic heterocycles. The summed E-state index contributed by atoms with van der Waals surface area (Å²) in [7, 11) is 0. The van der Waals surface area contributed by atoms with E-state index in [1.165, 1.54) is 16.7 Å². The monoisotopic (exact) mass is 355 g/mol. The van der Waals surface area contributed by atoms with Crippen molar-refractivity contribution in [3.05, 3.63) is 52.8 Å². The first-order valence-electron chi connectivity index (χ1n) is 9.62. The van der Waals surface area contributed by atoms with Crippen molar-refractivity contribution in [2.75, 3.05) is 19.8 Å². The molecule has 2 aromatic rings. The van der Waals surface area contributed by atoms with Crippen molar-refractivity contribution >= 4 is 5.91 Å². The molecule has 0 unspecified atom stereocenters. The van der Waals surface area contributed by atoms with Gasteiger partial charge in [0, 0.05) is 26.1 Å². The molecule has 0 bridgehead atoms. The van der Waals surface area contributed by atoms with Gasteiger partial charge in [0.15, 0.2) is 0 Å². The van der Waals surface area contributed by atoms with Gasteiger partial charge in [-0.05, 0) is 50.3 Å². The first kappa shape index (κ1) is 18.6. The summed E-state index contributed by atoms with van der Waals surface area (Å²) < 4.78 is 7.74. The summed E-state index contributed by atoms with van der Waals surface area (Å²) in [5.74, 6) is 0.201. The molecule has 26 heavy (non-hydrogen) atoms. The maximum atomic E-state index is 13.0. The lowest BCUT2D eigenvalue weighted by Crippen LogP contribution is -2.43. The number of aryl methyl sites for hydroxylation is 3. The number of nitrogens with zero attached hydrogens (tertiary/aromatic N) is 3. The first-order valence-corrected chi connectivity index (χ1v) is 9.62. The Morgan fingerprint density at radius 3 is 2.85 bits per heavy atom. The predicted octanol–water partition coefficient (Wildman–Crippen LogP) is 3.31. The van der Waals surface area contributed by atoms with E-state index in [2.05, 4.69) is 31.1 Å². The number of aromatic nitrogens is 2. The number of carbonyl (C=O) groups is 1. The molecular formula is C21H29N3O2. The highest BCUT2D eigenvalue weighted by Gasteiger charge is 2.33. The van der Waals surface area contributed by atoms with Gasteiger partial charge < -0.3 is 9.64 Å². The second-order valence-electron chi connectivity index (χ2n) is 6.81. The number of benzene rings is 1. The Bertz CT molecular complexity index is 740. The Morgan fingerprint density at radius 1 is 1.31 bits per heavy atom. The van der Waals surface area contributed by atoms with E-state index in [1.54, 1.807) is 0 Å². The zero-order valence-electron chi connectivity index (χ0n) is 16.1. The number of ether oxygens (including phenoxy) is 1. The molecule has 140 valence electrons. The molecule has 1 atom stereocenters. The Labute approximate surface area is 156 Å². The van der Waals surface area contributed by atoms with Crippen LogP contribution in [0.3, 0.4) is 0 Å². The summed E-state index contributed by atoms with van der Waals surface area (Å²) >= 11 is 0. The highest BCUT2D eigenvalue weighted by atomic mass is 16.5. The average Bonchev–Trinajstić information content (AvgIpc) is 3.08. The predicted molar refractivity (Wildman–Crippen MR) is 102 cm³/mol. The number of rotatable bonds is 7. The van der Waals surface area contributed by atoms with E-state index >= 15 is 0 Å². The van der Waals surface area contributed by atoms with Gasteiger partial charge >= 0.3 is 0 Å². The van der Waals surface area contributed by atoms with Gasteiger partial charge in [-0.15, -0.1) is 0 Å². The summed E-state index contributed by atoms with van der Waals surface area (Å²) in [6.07, 6.45) is 4.13. The molecule has 0 radical (unpaired) electrons. The summed E-state index contributed by atoms with van der Waals surface area (Å²) in [6, 6.07) is 8.26. The van der Waals surface area contributed by atoms with E-state index in [0.29, 0.717) is 19.6 Å².